The zero-order valence-electron chi connectivity index (χ0n) is 18.9. The molecule has 0 saturated heterocycles. The van der Waals surface area contributed by atoms with Crippen molar-refractivity contribution in [3.05, 3.63) is 50.4 Å². The molecule has 10 heteroatoms. The van der Waals surface area contributed by atoms with Gasteiger partial charge in [0.15, 0.2) is 11.9 Å². The number of rotatable bonds is 10. The van der Waals surface area contributed by atoms with Gasteiger partial charge in [0.2, 0.25) is 0 Å². The Kier molecular flexibility index (Phi) is 10.3. The van der Waals surface area contributed by atoms with Gasteiger partial charge in [-0.05, 0) is 81.5 Å². The summed E-state index contributed by atoms with van der Waals surface area (Å²) < 4.78 is 23.9. The molecule has 0 aliphatic carbocycles. The van der Waals surface area contributed by atoms with Crippen molar-refractivity contribution in [3.63, 3.8) is 0 Å². The summed E-state index contributed by atoms with van der Waals surface area (Å²) in [6.07, 6.45) is 0.839. The minimum Gasteiger partial charge on any atom is -0.507 e. The van der Waals surface area contributed by atoms with Gasteiger partial charge < -0.3 is 19.9 Å². The van der Waals surface area contributed by atoms with Gasteiger partial charge in [0, 0.05) is 5.56 Å². The van der Waals surface area contributed by atoms with Gasteiger partial charge in [0.25, 0.3) is 5.91 Å². The third-order valence-corrected chi connectivity index (χ3v) is 6.47. The molecule has 2 unspecified atom stereocenters. The first-order valence-corrected chi connectivity index (χ1v) is 13.8. The lowest BCUT2D eigenvalue weighted by Crippen LogP contribution is -2.42. The number of esters is 1. The Morgan fingerprint density at radius 2 is 1.79 bits per heavy atom. The summed E-state index contributed by atoms with van der Waals surface area (Å²) in [6.45, 7) is 7.44. The Morgan fingerprint density at radius 3 is 2.33 bits per heavy atom. The van der Waals surface area contributed by atoms with Crippen LogP contribution >= 0.6 is 39.7 Å². The lowest BCUT2D eigenvalue weighted by molar-refractivity contribution is -0.145. The van der Waals surface area contributed by atoms with Crippen LogP contribution in [0.3, 0.4) is 0 Å². The Balaban J connectivity index is 2.27. The molecule has 0 spiro atoms. The van der Waals surface area contributed by atoms with E-state index >= 15 is 0 Å². The lowest BCUT2D eigenvalue weighted by Gasteiger charge is -2.19. The van der Waals surface area contributed by atoms with Gasteiger partial charge in [-0.25, -0.2) is 4.79 Å². The van der Waals surface area contributed by atoms with Crippen LogP contribution in [0.15, 0.2) is 39.3 Å². The number of benzene rings is 2. The fraction of sp³-hybridized carbons (Fsp3) is 0.391. The molecular weight excluding hydrogens is 577 g/mol. The SMILES string of the molecule is CCOC(=O)C(CC(C)C)NC(=O)c1cc(Oc2c(Br)cc(C[P+](C)=O)cc2Br)ccc1O. The largest absolute Gasteiger partial charge is 0.507 e. The topological polar surface area (TPSA) is 102 Å². The number of amides is 1. The fourth-order valence-corrected chi connectivity index (χ4v) is 5.24. The normalized spacial score (nSPS) is 12.3. The molecule has 2 N–H and O–H groups in total. The summed E-state index contributed by atoms with van der Waals surface area (Å²) in [6, 6.07) is 7.09. The van der Waals surface area contributed by atoms with Gasteiger partial charge in [-0.15, -0.1) is 0 Å². The second-order valence-corrected chi connectivity index (χ2v) is 11.1. The molecule has 0 bridgehead atoms. The smallest absolute Gasteiger partial charge is 0.340 e. The predicted octanol–water partition coefficient (Wildman–Crippen LogP) is 6.37. The van der Waals surface area contributed by atoms with Crippen molar-refractivity contribution in [2.24, 2.45) is 5.92 Å². The average molecular weight is 604 g/mol. The zero-order valence-corrected chi connectivity index (χ0v) is 22.9. The molecule has 0 aromatic heterocycles. The van der Waals surface area contributed by atoms with Crippen LogP contribution in [0.2, 0.25) is 0 Å². The Morgan fingerprint density at radius 1 is 1.15 bits per heavy atom. The molecule has 0 radical (unpaired) electrons. The van der Waals surface area contributed by atoms with Crippen molar-refractivity contribution in [1.82, 2.24) is 5.32 Å². The van der Waals surface area contributed by atoms with Crippen LogP contribution in [0.4, 0.5) is 0 Å². The first-order chi connectivity index (χ1) is 15.5. The van der Waals surface area contributed by atoms with E-state index < -0.39 is 25.7 Å². The van der Waals surface area contributed by atoms with Crippen LogP contribution in [-0.2, 0) is 20.3 Å². The number of phenolic OH excluding ortho intramolecular Hbond substituents is 1. The van der Waals surface area contributed by atoms with Crippen molar-refractivity contribution < 1.29 is 28.7 Å². The first kappa shape index (κ1) is 27.3. The summed E-state index contributed by atoms with van der Waals surface area (Å²) in [5, 5.41) is 12.9. The summed E-state index contributed by atoms with van der Waals surface area (Å²) >= 11 is 6.93. The lowest BCUT2D eigenvalue weighted by atomic mass is 10.0. The van der Waals surface area contributed by atoms with Crippen molar-refractivity contribution in [2.75, 3.05) is 13.3 Å². The molecule has 0 aliphatic heterocycles. The summed E-state index contributed by atoms with van der Waals surface area (Å²) in [5.41, 5.74) is 0.850. The van der Waals surface area contributed by atoms with Crippen molar-refractivity contribution >= 4 is 51.5 Å². The van der Waals surface area contributed by atoms with Crippen LogP contribution in [0.5, 0.6) is 17.2 Å². The number of hydrogen-bond acceptors (Lipinski definition) is 6. The van der Waals surface area contributed by atoms with Gasteiger partial charge in [-0.3, -0.25) is 4.79 Å². The molecule has 0 heterocycles. The Hall–Kier alpha value is -1.96. The van der Waals surface area contributed by atoms with Crippen LogP contribution in [-0.4, -0.2) is 36.3 Å². The molecule has 0 aliphatic rings. The van der Waals surface area contributed by atoms with Crippen molar-refractivity contribution in [1.29, 1.82) is 0 Å². The van der Waals surface area contributed by atoms with Gasteiger partial charge in [0.1, 0.15) is 24.2 Å². The van der Waals surface area contributed by atoms with E-state index in [9.17, 15) is 19.3 Å². The Labute approximate surface area is 211 Å². The van der Waals surface area contributed by atoms with E-state index in [2.05, 4.69) is 37.2 Å². The van der Waals surface area contributed by atoms with Gasteiger partial charge >= 0.3 is 13.8 Å². The second-order valence-electron chi connectivity index (χ2n) is 7.86. The molecule has 0 saturated carbocycles. The maximum Gasteiger partial charge on any atom is 0.340 e. The van der Waals surface area contributed by atoms with E-state index in [1.165, 1.54) is 18.2 Å². The third kappa shape index (κ3) is 8.09. The number of phenols is 1. The molecule has 1 amide bonds. The minimum atomic E-state index is -1.33. The highest BCUT2D eigenvalue weighted by Crippen LogP contribution is 2.40. The average Bonchev–Trinajstić information content (AvgIpc) is 2.70. The third-order valence-electron chi connectivity index (χ3n) is 4.48. The van der Waals surface area contributed by atoms with E-state index in [1.807, 2.05) is 26.0 Å². The minimum absolute atomic E-state index is 0.0302. The maximum atomic E-state index is 12.9. The van der Waals surface area contributed by atoms with E-state index in [0.717, 1.165) is 5.56 Å². The molecule has 2 aromatic rings. The number of nitrogens with one attached hydrogen (secondary N) is 1. The molecule has 178 valence electrons. The first-order valence-electron chi connectivity index (χ1n) is 10.4. The quantitative estimate of drug-likeness (QED) is 0.241. The van der Waals surface area contributed by atoms with E-state index in [4.69, 9.17) is 9.47 Å². The van der Waals surface area contributed by atoms with Crippen LogP contribution < -0.4 is 10.1 Å². The highest BCUT2D eigenvalue weighted by atomic mass is 79.9. The summed E-state index contributed by atoms with van der Waals surface area (Å²) in [5.74, 6) is -0.458. The molecule has 7 nitrogen and oxygen atoms in total. The molecule has 2 rings (SSSR count). The van der Waals surface area contributed by atoms with Crippen molar-refractivity contribution in [2.45, 2.75) is 39.4 Å². The summed E-state index contributed by atoms with van der Waals surface area (Å²) in [7, 11) is -1.33. The number of ether oxygens (including phenoxy) is 2. The number of halogens is 2. The summed E-state index contributed by atoms with van der Waals surface area (Å²) in [4.78, 5) is 25.1. The van der Waals surface area contributed by atoms with Crippen molar-refractivity contribution in [3.8, 4) is 17.2 Å². The van der Waals surface area contributed by atoms with E-state index in [0.29, 0.717) is 33.0 Å². The van der Waals surface area contributed by atoms with Gasteiger partial charge in [-0.1, -0.05) is 18.4 Å². The monoisotopic (exact) mass is 602 g/mol. The van der Waals surface area contributed by atoms with Gasteiger partial charge in [-0.2, -0.15) is 0 Å². The van der Waals surface area contributed by atoms with Crippen LogP contribution in [0.25, 0.3) is 0 Å². The molecule has 0 fully saturated rings. The number of aromatic hydroxyl groups is 1. The molecule has 2 atom stereocenters. The standard InChI is InChI=1S/C23H26Br2NO6P/c1-5-31-23(29)19(8-13(2)3)26-22(28)16-11-15(6-7-20(16)27)32-21-17(24)9-14(10-18(21)25)12-33(4)30/h6-7,9-11,13,19H,5,8,12H2,1-4H3,(H-,26,27,28)/p+1. The number of carbonyl (C=O) groups excluding carboxylic acids is 2. The Bertz CT molecular complexity index is 1020. The van der Waals surface area contributed by atoms with Gasteiger partial charge in [0.05, 0.1) is 21.1 Å². The number of hydrogen-bond donors (Lipinski definition) is 2. The fourth-order valence-electron chi connectivity index (χ4n) is 3.10. The van der Waals surface area contributed by atoms with Crippen LogP contribution in [0, 0.1) is 5.92 Å². The predicted molar refractivity (Wildman–Crippen MR) is 135 cm³/mol. The highest BCUT2D eigenvalue weighted by Gasteiger charge is 2.25. The highest BCUT2D eigenvalue weighted by molar-refractivity contribution is 9.11. The van der Waals surface area contributed by atoms with E-state index in [1.54, 1.807) is 13.6 Å². The zero-order chi connectivity index (χ0) is 24.7. The second kappa shape index (κ2) is 12.5. The maximum absolute atomic E-state index is 12.9. The van der Waals surface area contributed by atoms with Crippen LogP contribution in [0.1, 0.15) is 43.1 Å². The molecular formula is C23H27Br2NO6P+. The van der Waals surface area contributed by atoms with E-state index in [-0.39, 0.29) is 23.8 Å². The molecule has 33 heavy (non-hydrogen) atoms. The molecule has 2 aromatic carbocycles. The number of carbonyl (C=O) groups is 2.